The highest BCUT2D eigenvalue weighted by Gasteiger charge is 2.77. The Bertz CT molecular complexity index is 1050. The number of aliphatic hydroxyl groups is 2. The van der Waals surface area contributed by atoms with E-state index < -0.39 is 70.3 Å². The maximum absolute atomic E-state index is 17.3. The number of rotatable bonds is 6. The Balaban J connectivity index is 1.76. The van der Waals surface area contributed by atoms with E-state index in [1.54, 1.807) is 20.8 Å². The number of ketones is 2. The van der Waals surface area contributed by atoms with Crippen molar-refractivity contribution in [2.45, 2.75) is 76.7 Å². The first kappa shape index (κ1) is 26.7. The van der Waals surface area contributed by atoms with Gasteiger partial charge in [-0.05, 0) is 57.1 Å². The Labute approximate surface area is 209 Å². The Morgan fingerprint density at radius 3 is 2.56 bits per heavy atom. The molecule has 0 bridgehead atoms. The van der Waals surface area contributed by atoms with Gasteiger partial charge in [-0.3, -0.25) is 19.2 Å². The van der Waals surface area contributed by atoms with Gasteiger partial charge in [-0.25, -0.2) is 4.39 Å². The number of Topliss-reactive ketones (excluding diaryl/α,β-unsaturated/α-hetero) is 1. The summed E-state index contributed by atoms with van der Waals surface area (Å²) in [6.45, 7) is 4.31. The maximum Gasteiger partial charge on any atom is 0.312 e. The summed E-state index contributed by atoms with van der Waals surface area (Å²) >= 11 is 0. The van der Waals surface area contributed by atoms with Gasteiger partial charge in [-0.1, -0.05) is 25.5 Å². The largest absolute Gasteiger partial charge is 0.469 e. The van der Waals surface area contributed by atoms with Crippen LogP contribution in [0.25, 0.3) is 0 Å². The third kappa shape index (κ3) is 3.38. The van der Waals surface area contributed by atoms with Crippen molar-refractivity contribution in [1.82, 2.24) is 0 Å². The molecule has 3 fully saturated rings. The third-order valence-corrected chi connectivity index (χ3v) is 9.62. The van der Waals surface area contributed by atoms with Gasteiger partial charge in [-0.2, -0.15) is 0 Å². The van der Waals surface area contributed by atoms with Gasteiger partial charge in [0.15, 0.2) is 18.1 Å². The SMILES string of the molecule is CCCC(=O)OCC(=O)[C@@]1(O)[C@H](C(=O)OC)C[C@H]2[C@@H]3CCC4=CC(=O)C=C[C@]4(C)[C@@]3(F)[C@@H](O)C[C@@]21C. The quantitative estimate of drug-likeness (QED) is 0.526. The molecule has 0 unspecified atom stereocenters. The molecule has 3 saturated carbocycles. The fourth-order valence-corrected chi connectivity index (χ4v) is 7.71. The second-order valence-electron chi connectivity index (χ2n) is 11.2. The number of carbonyl (C=O) groups excluding carboxylic acids is 4. The molecule has 4 aliphatic carbocycles. The minimum absolute atomic E-state index is 0.0187. The molecular formula is C27H35FO8. The number of methoxy groups -OCH3 is 1. The minimum Gasteiger partial charge on any atom is -0.469 e. The van der Waals surface area contributed by atoms with E-state index in [1.807, 2.05) is 0 Å². The molecule has 4 rings (SSSR count). The number of ether oxygens (including phenoxy) is 2. The predicted molar refractivity (Wildman–Crippen MR) is 125 cm³/mol. The average Bonchev–Trinajstić information content (AvgIpc) is 3.06. The molecule has 0 aromatic heterocycles. The summed E-state index contributed by atoms with van der Waals surface area (Å²) in [5.74, 6) is -5.28. The first-order chi connectivity index (χ1) is 16.8. The van der Waals surface area contributed by atoms with Gasteiger partial charge in [0.25, 0.3) is 0 Å². The predicted octanol–water partition coefficient (Wildman–Crippen LogP) is 2.40. The third-order valence-electron chi connectivity index (χ3n) is 9.62. The molecule has 4 aliphatic rings. The van der Waals surface area contributed by atoms with Crippen molar-refractivity contribution in [1.29, 1.82) is 0 Å². The van der Waals surface area contributed by atoms with Crippen molar-refractivity contribution in [3.63, 3.8) is 0 Å². The number of hydrogen-bond acceptors (Lipinski definition) is 8. The standard InChI is InChI=1S/C27H35FO8/c1-5-6-22(32)36-14-21(31)27(34)19(23(33)35-4)12-18-17-8-7-15-11-16(29)9-10-24(15,2)26(17,28)20(30)13-25(18,27)3/h9-11,17-20,30,34H,5-8,12-14H2,1-4H3/t17-,18-,19-,20-,24-,25-,26-,27-/m0/s1. The van der Waals surface area contributed by atoms with Crippen LogP contribution in [0.5, 0.6) is 0 Å². The Morgan fingerprint density at radius 1 is 1.22 bits per heavy atom. The fraction of sp³-hybridized carbons (Fsp3) is 0.704. The van der Waals surface area contributed by atoms with Crippen molar-refractivity contribution in [2.24, 2.45) is 28.6 Å². The average molecular weight is 507 g/mol. The summed E-state index contributed by atoms with van der Waals surface area (Å²) in [5.41, 5.74) is -6.53. The van der Waals surface area contributed by atoms with Crippen LogP contribution in [0, 0.1) is 28.6 Å². The molecule has 0 radical (unpaired) electrons. The number of esters is 2. The second kappa shape index (κ2) is 8.87. The van der Waals surface area contributed by atoms with Gasteiger partial charge in [0, 0.05) is 23.2 Å². The zero-order valence-electron chi connectivity index (χ0n) is 21.2. The smallest absolute Gasteiger partial charge is 0.312 e. The molecule has 36 heavy (non-hydrogen) atoms. The molecule has 0 spiro atoms. The van der Waals surface area contributed by atoms with E-state index in [9.17, 15) is 29.4 Å². The first-order valence-corrected chi connectivity index (χ1v) is 12.6. The second-order valence-corrected chi connectivity index (χ2v) is 11.2. The van der Waals surface area contributed by atoms with E-state index in [0.717, 1.165) is 7.11 Å². The van der Waals surface area contributed by atoms with E-state index in [4.69, 9.17) is 9.47 Å². The van der Waals surface area contributed by atoms with E-state index in [0.29, 0.717) is 18.4 Å². The van der Waals surface area contributed by atoms with Crippen LogP contribution >= 0.6 is 0 Å². The lowest BCUT2D eigenvalue weighted by Gasteiger charge is -2.62. The zero-order valence-corrected chi connectivity index (χ0v) is 21.2. The number of halogens is 1. The van der Waals surface area contributed by atoms with Crippen molar-refractivity contribution >= 4 is 23.5 Å². The van der Waals surface area contributed by atoms with Crippen LogP contribution in [0.2, 0.25) is 0 Å². The molecule has 0 aromatic carbocycles. The van der Waals surface area contributed by atoms with Gasteiger partial charge in [0.1, 0.15) is 5.60 Å². The van der Waals surface area contributed by atoms with Gasteiger partial charge >= 0.3 is 11.9 Å². The van der Waals surface area contributed by atoms with E-state index in [1.165, 1.54) is 18.2 Å². The Hall–Kier alpha value is -2.39. The molecular weight excluding hydrogens is 471 g/mol. The van der Waals surface area contributed by atoms with Crippen LogP contribution in [0.15, 0.2) is 23.8 Å². The van der Waals surface area contributed by atoms with Gasteiger partial charge in [0.05, 0.1) is 19.1 Å². The topological polar surface area (TPSA) is 127 Å². The van der Waals surface area contributed by atoms with Crippen molar-refractivity contribution < 1.29 is 43.3 Å². The number of alkyl halides is 1. The number of carbonyl (C=O) groups is 4. The van der Waals surface area contributed by atoms with E-state index in [2.05, 4.69) is 0 Å². The number of fused-ring (bicyclic) bond motifs is 5. The molecule has 9 heteroatoms. The number of hydrogen-bond donors (Lipinski definition) is 2. The molecule has 2 N–H and O–H groups in total. The lowest BCUT2D eigenvalue weighted by molar-refractivity contribution is -0.221. The molecule has 0 amide bonds. The van der Waals surface area contributed by atoms with Crippen LogP contribution in [0.1, 0.15) is 59.3 Å². The molecule has 0 heterocycles. The van der Waals surface area contributed by atoms with Crippen LogP contribution in [-0.4, -0.2) is 64.8 Å². The van der Waals surface area contributed by atoms with E-state index in [-0.39, 0.29) is 31.5 Å². The Morgan fingerprint density at radius 2 is 1.92 bits per heavy atom. The van der Waals surface area contributed by atoms with Crippen molar-refractivity contribution in [2.75, 3.05) is 13.7 Å². The van der Waals surface area contributed by atoms with Crippen LogP contribution in [-0.2, 0) is 28.7 Å². The minimum atomic E-state index is -2.32. The van der Waals surface area contributed by atoms with Crippen molar-refractivity contribution in [3.05, 3.63) is 23.8 Å². The monoisotopic (exact) mass is 506 g/mol. The molecule has 198 valence electrons. The maximum atomic E-state index is 17.3. The Kier molecular flexibility index (Phi) is 6.57. The summed E-state index contributed by atoms with van der Waals surface area (Å²) in [7, 11) is 1.15. The molecule has 0 aliphatic heterocycles. The molecule has 8 atom stereocenters. The highest BCUT2D eigenvalue weighted by atomic mass is 19.1. The van der Waals surface area contributed by atoms with Crippen molar-refractivity contribution in [3.8, 4) is 0 Å². The van der Waals surface area contributed by atoms with E-state index >= 15 is 4.39 Å². The summed E-state index contributed by atoms with van der Waals surface area (Å²) in [4.78, 5) is 50.2. The lowest BCUT2D eigenvalue weighted by atomic mass is 9.44. The molecule has 8 nitrogen and oxygen atoms in total. The van der Waals surface area contributed by atoms with Crippen LogP contribution < -0.4 is 0 Å². The summed E-state index contributed by atoms with van der Waals surface area (Å²) in [6, 6.07) is 0. The summed E-state index contributed by atoms with van der Waals surface area (Å²) < 4.78 is 27.3. The van der Waals surface area contributed by atoms with Gasteiger partial charge in [-0.15, -0.1) is 0 Å². The number of allylic oxidation sites excluding steroid dienone is 4. The van der Waals surface area contributed by atoms with Crippen LogP contribution in [0.3, 0.4) is 0 Å². The zero-order chi connectivity index (χ0) is 26.7. The van der Waals surface area contributed by atoms with Crippen LogP contribution in [0.4, 0.5) is 4.39 Å². The normalized spacial score (nSPS) is 43.1. The summed E-state index contributed by atoms with van der Waals surface area (Å²) in [6.07, 6.45) is 3.65. The highest BCUT2D eigenvalue weighted by molar-refractivity contribution is 6.01. The lowest BCUT2D eigenvalue weighted by Crippen LogP contribution is -2.69. The highest BCUT2D eigenvalue weighted by Crippen LogP contribution is 2.70. The fourth-order valence-electron chi connectivity index (χ4n) is 7.71. The molecule has 0 saturated heterocycles. The number of aliphatic hydroxyl groups excluding tert-OH is 1. The first-order valence-electron chi connectivity index (χ1n) is 12.6. The van der Waals surface area contributed by atoms with Gasteiger partial charge < -0.3 is 19.7 Å². The molecule has 0 aromatic rings. The summed E-state index contributed by atoms with van der Waals surface area (Å²) in [5, 5.41) is 23.4. The van der Waals surface area contributed by atoms with Gasteiger partial charge in [0.2, 0.25) is 5.78 Å².